The van der Waals surface area contributed by atoms with Crippen LogP contribution in [-0.4, -0.2) is 17.8 Å². The molecule has 0 saturated carbocycles. The first-order valence-electron chi connectivity index (χ1n) is 5.45. The highest BCUT2D eigenvalue weighted by molar-refractivity contribution is 6.33. The van der Waals surface area contributed by atoms with E-state index in [0.717, 1.165) is 17.5 Å². The van der Waals surface area contributed by atoms with Crippen molar-refractivity contribution in [2.24, 2.45) is 5.73 Å². The van der Waals surface area contributed by atoms with Gasteiger partial charge in [0.25, 0.3) is 0 Å². The maximum absolute atomic E-state index is 9.98. The number of benzene rings is 1. The Morgan fingerprint density at radius 3 is 3.00 bits per heavy atom. The molecule has 1 aliphatic heterocycles. The number of hydrogen-bond donors (Lipinski definition) is 2. The summed E-state index contributed by atoms with van der Waals surface area (Å²) in [6, 6.07) is 1.96. The molecule has 0 aromatic heterocycles. The van der Waals surface area contributed by atoms with Gasteiger partial charge in [0.2, 0.25) is 0 Å². The van der Waals surface area contributed by atoms with Crippen LogP contribution in [0.3, 0.4) is 0 Å². The van der Waals surface area contributed by atoms with Gasteiger partial charge < -0.3 is 15.6 Å². The molecule has 2 unspecified atom stereocenters. The van der Waals surface area contributed by atoms with Crippen molar-refractivity contribution in [2.45, 2.75) is 32.3 Å². The molecule has 16 heavy (non-hydrogen) atoms. The molecule has 1 aromatic rings. The van der Waals surface area contributed by atoms with E-state index in [-0.39, 0.29) is 17.8 Å². The molecule has 0 radical (unpaired) electrons. The number of aromatic hydroxyl groups is 1. The van der Waals surface area contributed by atoms with Crippen LogP contribution in [0.2, 0.25) is 5.02 Å². The summed E-state index contributed by atoms with van der Waals surface area (Å²) in [4.78, 5) is 0. The van der Waals surface area contributed by atoms with E-state index in [2.05, 4.69) is 0 Å². The first kappa shape index (κ1) is 11.6. The van der Waals surface area contributed by atoms with Gasteiger partial charge in [0.1, 0.15) is 22.6 Å². The van der Waals surface area contributed by atoms with Crippen LogP contribution < -0.4 is 10.5 Å². The maximum atomic E-state index is 9.98. The number of rotatable bonds is 2. The van der Waals surface area contributed by atoms with Crippen molar-refractivity contribution in [1.29, 1.82) is 0 Å². The van der Waals surface area contributed by atoms with E-state index in [1.807, 2.05) is 19.9 Å². The molecular weight excluding hydrogens is 226 g/mol. The van der Waals surface area contributed by atoms with Crippen LogP contribution in [-0.2, 0) is 6.42 Å². The Hall–Kier alpha value is -0.930. The van der Waals surface area contributed by atoms with Gasteiger partial charge in [-0.3, -0.25) is 0 Å². The maximum Gasteiger partial charge on any atom is 0.145 e. The number of nitrogens with two attached hydrogens (primary N) is 1. The van der Waals surface area contributed by atoms with Gasteiger partial charge in [-0.15, -0.1) is 0 Å². The Morgan fingerprint density at radius 1 is 1.69 bits per heavy atom. The third kappa shape index (κ3) is 1.74. The summed E-state index contributed by atoms with van der Waals surface area (Å²) < 4.78 is 5.56. The Bertz CT molecular complexity index is 420. The van der Waals surface area contributed by atoms with Crippen LogP contribution in [0.15, 0.2) is 6.07 Å². The molecule has 2 atom stereocenters. The first-order valence-corrected chi connectivity index (χ1v) is 5.83. The van der Waals surface area contributed by atoms with Crippen molar-refractivity contribution in [1.82, 2.24) is 0 Å². The average molecular weight is 242 g/mol. The molecule has 0 spiro atoms. The van der Waals surface area contributed by atoms with E-state index in [4.69, 9.17) is 22.1 Å². The van der Waals surface area contributed by atoms with Crippen LogP contribution in [0.1, 0.15) is 30.9 Å². The van der Waals surface area contributed by atoms with E-state index in [1.165, 1.54) is 0 Å². The lowest BCUT2D eigenvalue weighted by molar-refractivity contribution is 0.254. The summed E-state index contributed by atoms with van der Waals surface area (Å²) in [6.45, 7) is 4.44. The third-order valence-electron chi connectivity index (χ3n) is 3.01. The first-order chi connectivity index (χ1) is 7.54. The standard InChI is InChI=1S/C12H16ClNO2/c1-6(5-14)9-4-8-3-7(2)16-12(8)10(13)11(9)15/h4,6-7,15H,3,5,14H2,1-2H3. The number of ether oxygens (including phenoxy) is 1. The zero-order chi connectivity index (χ0) is 11.9. The molecule has 0 fully saturated rings. The van der Waals surface area contributed by atoms with Gasteiger partial charge in [-0.2, -0.15) is 0 Å². The number of phenols is 1. The topological polar surface area (TPSA) is 55.5 Å². The minimum absolute atomic E-state index is 0.0960. The Kier molecular flexibility index (Phi) is 3.00. The van der Waals surface area contributed by atoms with Crippen molar-refractivity contribution in [3.8, 4) is 11.5 Å². The molecule has 0 bridgehead atoms. The second-order valence-corrected chi connectivity index (χ2v) is 4.76. The van der Waals surface area contributed by atoms with E-state index < -0.39 is 0 Å². The van der Waals surface area contributed by atoms with Crippen LogP contribution in [0, 0.1) is 0 Å². The van der Waals surface area contributed by atoms with Gasteiger partial charge in [0, 0.05) is 12.0 Å². The molecule has 0 amide bonds. The number of hydrogen-bond acceptors (Lipinski definition) is 3. The van der Waals surface area contributed by atoms with Gasteiger partial charge in [-0.25, -0.2) is 0 Å². The van der Waals surface area contributed by atoms with Crippen LogP contribution in [0.25, 0.3) is 0 Å². The highest BCUT2D eigenvalue weighted by atomic mass is 35.5. The molecule has 0 aliphatic carbocycles. The Balaban J connectivity index is 2.52. The second-order valence-electron chi connectivity index (χ2n) is 4.39. The smallest absolute Gasteiger partial charge is 0.145 e. The van der Waals surface area contributed by atoms with Crippen molar-refractivity contribution >= 4 is 11.6 Å². The van der Waals surface area contributed by atoms with Gasteiger partial charge >= 0.3 is 0 Å². The lowest BCUT2D eigenvalue weighted by Gasteiger charge is -2.14. The van der Waals surface area contributed by atoms with E-state index in [1.54, 1.807) is 0 Å². The molecule has 1 aromatic carbocycles. The highest BCUT2D eigenvalue weighted by Gasteiger charge is 2.26. The summed E-state index contributed by atoms with van der Waals surface area (Å²) >= 11 is 6.09. The summed E-state index contributed by atoms with van der Waals surface area (Å²) in [7, 11) is 0. The minimum atomic E-state index is 0.0960. The lowest BCUT2D eigenvalue weighted by Crippen LogP contribution is -2.09. The van der Waals surface area contributed by atoms with Crippen LogP contribution in [0.4, 0.5) is 0 Å². The van der Waals surface area contributed by atoms with E-state index in [9.17, 15) is 5.11 Å². The zero-order valence-corrected chi connectivity index (χ0v) is 10.2. The summed E-state index contributed by atoms with van der Waals surface area (Å²) in [5, 5.41) is 10.3. The fourth-order valence-corrected chi connectivity index (χ4v) is 2.31. The highest BCUT2D eigenvalue weighted by Crippen LogP contribution is 2.45. The molecule has 0 saturated heterocycles. The lowest BCUT2D eigenvalue weighted by atomic mass is 9.96. The SMILES string of the molecule is CC1Cc2cc(C(C)CN)c(O)c(Cl)c2O1. The number of phenolic OH excluding ortho intramolecular Hbond substituents is 1. The molecule has 3 nitrogen and oxygen atoms in total. The monoisotopic (exact) mass is 241 g/mol. The molecule has 1 heterocycles. The van der Waals surface area contributed by atoms with Crippen molar-refractivity contribution < 1.29 is 9.84 Å². The summed E-state index contributed by atoms with van der Waals surface area (Å²) in [6.07, 6.45) is 0.954. The van der Waals surface area contributed by atoms with Gasteiger partial charge in [-0.1, -0.05) is 18.5 Å². The number of fused-ring (bicyclic) bond motifs is 1. The zero-order valence-electron chi connectivity index (χ0n) is 9.46. The fourth-order valence-electron chi connectivity index (χ4n) is 2.03. The Morgan fingerprint density at radius 2 is 2.38 bits per heavy atom. The average Bonchev–Trinajstić information content (AvgIpc) is 2.63. The predicted octanol–water partition coefficient (Wildman–Crippen LogP) is 2.43. The summed E-state index contributed by atoms with van der Waals surface area (Å²) in [5.41, 5.74) is 7.48. The van der Waals surface area contributed by atoms with E-state index >= 15 is 0 Å². The second kappa shape index (κ2) is 4.15. The van der Waals surface area contributed by atoms with Crippen molar-refractivity contribution in [3.05, 3.63) is 22.2 Å². The predicted molar refractivity (Wildman–Crippen MR) is 64.4 cm³/mol. The largest absolute Gasteiger partial charge is 0.506 e. The molecule has 1 aliphatic rings. The fraction of sp³-hybridized carbons (Fsp3) is 0.500. The quantitative estimate of drug-likeness (QED) is 0.836. The van der Waals surface area contributed by atoms with E-state index in [0.29, 0.717) is 17.3 Å². The molecular formula is C12H16ClNO2. The molecule has 2 rings (SSSR count). The molecule has 88 valence electrons. The van der Waals surface area contributed by atoms with Crippen molar-refractivity contribution in [3.63, 3.8) is 0 Å². The van der Waals surface area contributed by atoms with Crippen molar-refractivity contribution in [2.75, 3.05) is 6.54 Å². The van der Waals surface area contributed by atoms with Gasteiger partial charge in [0.15, 0.2) is 0 Å². The van der Waals surface area contributed by atoms with Crippen LogP contribution in [0.5, 0.6) is 11.5 Å². The normalized spacial score (nSPS) is 20.4. The third-order valence-corrected chi connectivity index (χ3v) is 3.36. The van der Waals surface area contributed by atoms with Gasteiger partial charge in [0.05, 0.1) is 0 Å². The molecule has 4 heteroatoms. The summed E-state index contributed by atoms with van der Waals surface area (Å²) in [5.74, 6) is 0.825. The molecule has 3 N–H and O–H groups in total. The van der Waals surface area contributed by atoms with Crippen LogP contribution >= 0.6 is 11.6 Å². The number of halogens is 1. The Labute approximate surface area is 100 Å². The van der Waals surface area contributed by atoms with Gasteiger partial charge in [-0.05, 0) is 31.0 Å². The minimum Gasteiger partial charge on any atom is -0.506 e.